The lowest BCUT2D eigenvalue weighted by molar-refractivity contribution is 0.480. The fraction of sp³-hybridized carbons (Fsp3) is 0. The predicted molar refractivity (Wildman–Crippen MR) is 93.8 cm³/mol. The Kier molecular flexibility index (Phi) is 5.01. The van der Waals surface area contributed by atoms with Gasteiger partial charge in [0.15, 0.2) is 5.11 Å². The summed E-state index contributed by atoms with van der Waals surface area (Å²) in [6.07, 6.45) is 0. The molecular weight excluding hydrogens is 432 g/mol. The van der Waals surface area contributed by atoms with E-state index in [1.165, 1.54) is 0 Å². The van der Waals surface area contributed by atoms with Gasteiger partial charge in [-0.1, -0.05) is 0 Å². The van der Waals surface area contributed by atoms with Crippen LogP contribution in [0.2, 0.25) is 0 Å². The Labute approximate surface area is 153 Å². The Bertz CT molecular complexity index is 1240. The van der Waals surface area contributed by atoms with Gasteiger partial charge in [0.2, 0.25) is 0 Å². The largest absolute Gasteiger partial charge is 0.376 e. The van der Waals surface area contributed by atoms with Gasteiger partial charge in [0.1, 0.15) is 4.90 Å². The van der Waals surface area contributed by atoms with Crippen LogP contribution in [0.25, 0.3) is 10.8 Å². The van der Waals surface area contributed by atoms with Crippen molar-refractivity contribution in [1.29, 1.82) is 0 Å². The van der Waals surface area contributed by atoms with Crippen molar-refractivity contribution in [2.24, 2.45) is 5.73 Å². The van der Waals surface area contributed by atoms with E-state index in [9.17, 15) is 34.4 Å². The van der Waals surface area contributed by atoms with Gasteiger partial charge in [-0.3, -0.25) is 13.7 Å². The highest BCUT2D eigenvalue weighted by molar-refractivity contribution is 7.87. The third-order valence-corrected chi connectivity index (χ3v) is 5.73. The molecule has 15 heteroatoms. The molecule has 0 aliphatic rings. The van der Waals surface area contributed by atoms with E-state index in [-0.39, 0.29) is 16.5 Å². The lowest BCUT2D eigenvalue weighted by Crippen LogP contribution is -2.20. The second kappa shape index (κ2) is 6.38. The first kappa shape index (κ1) is 20.4. The summed E-state index contributed by atoms with van der Waals surface area (Å²) in [7, 11) is -14.7. The molecule has 0 saturated heterocycles. The quantitative estimate of drug-likeness (QED) is 0.319. The zero-order valence-electron chi connectivity index (χ0n) is 12.3. The summed E-state index contributed by atoms with van der Waals surface area (Å²) in [4.78, 5) is -2.66. The lowest BCUT2D eigenvalue weighted by atomic mass is 10.1. The van der Waals surface area contributed by atoms with E-state index in [0.717, 1.165) is 18.2 Å². The van der Waals surface area contributed by atoms with Crippen LogP contribution in [0.15, 0.2) is 39.0 Å². The van der Waals surface area contributed by atoms with Crippen molar-refractivity contribution in [1.82, 2.24) is 0 Å². The van der Waals surface area contributed by atoms with Crippen molar-refractivity contribution in [2.75, 3.05) is 5.32 Å². The molecule has 0 spiro atoms. The highest BCUT2D eigenvalue weighted by atomic mass is 32.2. The van der Waals surface area contributed by atoms with E-state index in [1.54, 1.807) is 0 Å². The van der Waals surface area contributed by atoms with Gasteiger partial charge in [0, 0.05) is 5.39 Å². The van der Waals surface area contributed by atoms with E-state index in [4.69, 9.17) is 10.3 Å². The zero-order valence-corrected chi connectivity index (χ0v) is 15.6. The summed E-state index contributed by atoms with van der Waals surface area (Å²) in [6, 6.07) is 2.71. The molecule has 142 valence electrons. The van der Waals surface area contributed by atoms with Gasteiger partial charge in [0.05, 0.1) is 15.5 Å². The van der Waals surface area contributed by atoms with Crippen LogP contribution < -0.4 is 11.1 Å². The first-order chi connectivity index (χ1) is 11.6. The molecule has 0 unspecified atom stereocenters. The molecular formula is C11H10N2O9S4. The molecule has 6 N–H and O–H groups in total. The van der Waals surface area contributed by atoms with Gasteiger partial charge in [-0.05, 0) is 41.9 Å². The third kappa shape index (κ3) is 4.26. The number of nitrogens with two attached hydrogens (primary N) is 1. The first-order valence-electron chi connectivity index (χ1n) is 6.21. The number of hydrogen-bond acceptors (Lipinski definition) is 7. The van der Waals surface area contributed by atoms with Crippen molar-refractivity contribution >= 4 is 64.1 Å². The van der Waals surface area contributed by atoms with E-state index >= 15 is 0 Å². The maximum Gasteiger partial charge on any atom is 0.295 e. The van der Waals surface area contributed by atoms with Crippen molar-refractivity contribution in [2.45, 2.75) is 14.7 Å². The minimum atomic E-state index is -5.03. The van der Waals surface area contributed by atoms with Crippen LogP contribution in [0.3, 0.4) is 0 Å². The Morgan fingerprint density at radius 1 is 0.846 bits per heavy atom. The van der Waals surface area contributed by atoms with Gasteiger partial charge in [-0.25, -0.2) is 0 Å². The summed E-state index contributed by atoms with van der Waals surface area (Å²) in [5.41, 5.74) is 4.94. The minimum Gasteiger partial charge on any atom is -0.376 e. The maximum absolute atomic E-state index is 11.7. The maximum atomic E-state index is 11.7. The number of nitrogens with one attached hydrogen (secondary N) is 1. The van der Waals surface area contributed by atoms with Crippen molar-refractivity contribution in [3.05, 3.63) is 24.3 Å². The second-order valence-corrected chi connectivity index (χ2v) is 9.58. The molecule has 0 aliphatic heterocycles. The van der Waals surface area contributed by atoms with E-state index in [0.29, 0.717) is 6.07 Å². The summed E-state index contributed by atoms with van der Waals surface area (Å²) in [6.45, 7) is 0. The summed E-state index contributed by atoms with van der Waals surface area (Å²) >= 11 is 4.61. The van der Waals surface area contributed by atoms with Gasteiger partial charge >= 0.3 is 0 Å². The fourth-order valence-electron chi connectivity index (χ4n) is 2.15. The van der Waals surface area contributed by atoms with Crippen LogP contribution >= 0.6 is 12.2 Å². The smallest absolute Gasteiger partial charge is 0.295 e. The van der Waals surface area contributed by atoms with Crippen LogP contribution in [0, 0.1) is 0 Å². The zero-order chi connectivity index (χ0) is 20.1. The molecule has 0 fully saturated rings. The number of thiocarbonyl (C=S) groups is 1. The molecule has 0 aliphatic carbocycles. The van der Waals surface area contributed by atoms with Gasteiger partial charge < -0.3 is 11.1 Å². The molecule has 0 amide bonds. The van der Waals surface area contributed by atoms with Crippen molar-refractivity contribution < 1.29 is 38.9 Å². The van der Waals surface area contributed by atoms with Crippen LogP contribution in [0.1, 0.15) is 0 Å². The first-order valence-corrected chi connectivity index (χ1v) is 10.9. The molecule has 26 heavy (non-hydrogen) atoms. The highest BCUT2D eigenvalue weighted by Crippen LogP contribution is 2.35. The summed E-state index contributed by atoms with van der Waals surface area (Å²) in [5, 5.41) is 1.11. The monoisotopic (exact) mass is 442 g/mol. The predicted octanol–water partition coefficient (Wildman–Crippen LogP) is 0.235. The average Bonchev–Trinajstić information content (AvgIpc) is 2.42. The number of hydrogen-bond donors (Lipinski definition) is 5. The molecule has 0 bridgehead atoms. The van der Waals surface area contributed by atoms with Gasteiger partial charge in [0.25, 0.3) is 30.4 Å². The summed E-state index contributed by atoms with van der Waals surface area (Å²) < 4.78 is 96.6. The van der Waals surface area contributed by atoms with Crippen molar-refractivity contribution in [3.63, 3.8) is 0 Å². The number of rotatable bonds is 4. The number of fused-ring (bicyclic) bond motifs is 1. The highest BCUT2D eigenvalue weighted by Gasteiger charge is 2.24. The molecule has 2 aromatic carbocycles. The number of anilines is 1. The number of benzene rings is 2. The van der Waals surface area contributed by atoms with Crippen molar-refractivity contribution in [3.8, 4) is 0 Å². The average molecular weight is 442 g/mol. The van der Waals surface area contributed by atoms with Crippen LogP contribution in [-0.4, -0.2) is 44.0 Å². The van der Waals surface area contributed by atoms with Gasteiger partial charge in [-0.15, -0.1) is 0 Å². The lowest BCUT2D eigenvalue weighted by Gasteiger charge is -2.14. The van der Waals surface area contributed by atoms with E-state index < -0.39 is 50.2 Å². The molecule has 2 rings (SSSR count). The second-order valence-electron chi connectivity index (χ2n) is 4.90. The fourth-order valence-corrected chi connectivity index (χ4v) is 4.19. The molecule has 0 radical (unpaired) electrons. The van der Waals surface area contributed by atoms with Crippen LogP contribution in [-0.2, 0) is 30.4 Å². The third-order valence-electron chi connectivity index (χ3n) is 3.09. The molecule has 11 nitrogen and oxygen atoms in total. The van der Waals surface area contributed by atoms with E-state index in [2.05, 4.69) is 17.5 Å². The Hall–Kier alpha value is -1.88. The molecule has 2 aromatic rings. The molecule has 0 atom stereocenters. The standard InChI is InChI=1S/C11H10N2O9S4/c12-11(23)13-8-3-6(24(14,15)16)1-5-2-7(25(17,18)19)4-9(10(5)8)26(20,21)22/h1-4H,(H3,12,13,23)(H,14,15,16)(H,17,18,19)(H,20,21,22). The Balaban J connectivity index is 3.16. The van der Waals surface area contributed by atoms with Crippen LogP contribution in [0.4, 0.5) is 5.69 Å². The Morgan fingerprint density at radius 3 is 1.69 bits per heavy atom. The SMILES string of the molecule is NC(=S)Nc1cc(S(=O)(=O)O)cc2cc(S(=O)(=O)O)cc(S(=O)(=O)O)c12. The normalized spacial score (nSPS) is 12.9. The molecule has 0 aromatic heterocycles. The topological polar surface area (TPSA) is 201 Å². The summed E-state index contributed by atoms with van der Waals surface area (Å²) in [5.74, 6) is 0. The van der Waals surface area contributed by atoms with Gasteiger partial charge in [-0.2, -0.15) is 25.3 Å². The van der Waals surface area contributed by atoms with Crippen LogP contribution in [0.5, 0.6) is 0 Å². The minimum absolute atomic E-state index is 0.350. The Morgan fingerprint density at radius 2 is 1.31 bits per heavy atom. The molecule has 0 heterocycles. The van der Waals surface area contributed by atoms with E-state index in [1.807, 2.05) is 0 Å². The molecule has 0 saturated carbocycles.